The van der Waals surface area contributed by atoms with Crippen LogP contribution in [0.5, 0.6) is 0 Å². The van der Waals surface area contributed by atoms with E-state index in [1.807, 2.05) is 17.5 Å². The molecule has 3 rings (SSSR count). The van der Waals surface area contributed by atoms with E-state index in [1.165, 1.54) is 16.3 Å². The second-order valence-electron chi connectivity index (χ2n) is 4.13. The number of carbonyl (C=O) groups is 2. The third-order valence-corrected chi connectivity index (χ3v) is 3.84. The van der Waals surface area contributed by atoms with Crippen LogP contribution in [-0.2, 0) is 9.59 Å². The molecule has 1 N–H and O–H groups in total. The normalized spacial score (nSPS) is 16.9. The highest BCUT2D eigenvalue weighted by molar-refractivity contribution is 7.10. The molecule has 2 aromatic rings. The minimum absolute atomic E-state index is 0.118. The fourth-order valence-corrected chi connectivity index (χ4v) is 2.71. The molecule has 2 heterocycles. The quantitative estimate of drug-likeness (QED) is 0.685. The van der Waals surface area contributed by atoms with Gasteiger partial charge in [0.25, 0.3) is 11.8 Å². The van der Waals surface area contributed by atoms with Gasteiger partial charge < -0.3 is 0 Å². The summed E-state index contributed by atoms with van der Waals surface area (Å²) < 4.78 is 0. The molecule has 0 aliphatic carbocycles. The molecule has 100 valence electrons. The lowest BCUT2D eigenvalue weighted by Gasteiger charge is -2.14. The number of nitrogens with one attached hydrogen (secondary N) is 1. The van der Waals surface area contributed by atoms with Crippen molar-refractivity contribution in [2.45, 2.75) is 0 Å². The summed E-state index contributed by atoms with van der Waals surface area (Å²) in [4.78, 5) is 25.1. The van der Waals surface area contributed by atoms with Crippen molar-refractivity contribution in [1.82, 2.24) is 5.43 Å². The standard InChI is InChI=1S/C14H9ClN2O2S/c15-9-3-1-4-10(7-9)17-14(19)12(13(18)16-17)8-11-5-2-6-20-11/h1-8H,(H,16,18)/b12-8-. The summed E-state index contributed by atoms with van der Waals surface area (Å²) in [5, 5.41) is 3.59. The van der Waals surface area contributed by atoms with Crippen LogP contribution in [0.3, 0.4) is 0 Å². The van der Waals surface area contributed by atoms with Gasteiger partial charge in [-0.1, -0.05) is 23.7 Å². The van der Waals surface area contributed by atoms with Gasteiger partial charge in [0, 0.05) is 9.90 Å². The fraction of sp³-hybridized carbons (Fsp3) is 0. The summed E-state index contributed by atoms with van der Waals surface area (Å²) in [5.41, 5.74) is 3.18. The summed E-state index contributed by atoms with van der Waals surface area (Å²) in [5.74, 6) is -0.797. The molecule has 1 fully saturated rings. The van der Waals surface area contributed by atoms with E-state index in [0.29, 0.717) is 10.7 Å². The summed E-state index contributed by atoms with van der Waals surface area (Å²) in [6.45, 7) is 0. The van der Waals surface area contributed by atoms with Crippen LogP contribution in [0.25, 0.3) is 6.08 Å². The Hall–Kier alpha value is -2.11. The van der Waals surface area contributed by atoms with E-state index >= 15 is 0 Å². The van der Waals surface area contributed by atoms with Crippen molar-refractivity contribution in [1.29, 1.82) is 0 Å². The van der Waals surface area contributed by atoms with E-state index in [2.05, 4.69) is 5.43 Å². The van der Waals surface area contributed by atoms with E-state index in [0.717, 1.165) is 4.88 Å². The van der Waals surface area contributed by atoms with Crippen molar-refractivity contribution < 1.29 is 9.59 Å². The average molecular weight is 305 g/mol. The van der Waals surface area contributed by atoms with Crippen LogP contribution in [-0.4, -0.2) is 11.8 Å². The molecule has 1 aromatic heterocycles. The first-order chi connectivity index (χ1) is 9.65. The largest absolute Gasteiger partial charge is 0.282 e. The molecule has 0 bridgehead atoms. The van der Waals surface area contributed by atoms with Crippen LogP contribution in [0, 0.1) is 0 Å². The maximum Gasteiger partial charge on any atom is 0.282 e. The van der Waals surface area contributed by atoms with Gasteiger partial charge in [-0.05, 0) is 35.7 Å². The molecule has 20 heavy (non-hydrogen) atoms. The topological polar surface area (TPSA) is 49.4 Å². The SMILES string of the molecule is O=C1NN(c2cccc(Cl)c2)C(=O)/C1=C\c1cccs1. The van der Waals surface area contributed by atoms with Crippen LogP contribution >= 0.6 is 22.9 Å². The van der Waals surface area contributed by atoms with Crippen molar-refractivity contribution in [3.05, 3.63) is 57.3 Å². The molecule has 1 aromatic carbocycles. The van der Waals surface area contributed by atoms with Gasteiger partial charge in [0.05, 0.1) is 5.69 Å². The van der Waals surface area contributed by atoms with Gasteiger partial charge in [0.15, 0.2) is 0 Å². The van der Waals surface area contributed by atoms with Crippen LogP contribution in [0.1, 0.15) is 4.88 Å². The number of thiophene rings is 1. The van der Waals surface area contributed by atoms with Gasteiger partial charge in [-0.15, -0.1) is 11.3 Å². The molecule has 1 aliphatic rings. The van der Waals surface area contributed by atoms with Crippen LogP contribution in [0.2, 0.25) is 5.02 Å². The first-order valence-corrected chi connectivity index (χ1v) is 7.07. The predicted octanol–water partition coefficient (Wildman–Crippen LogP) is 2.86. The smallest absolute Gasteiger partial charge is 0.267 e. The number of hydrogen-bond acceptors (Lipinski definition) is 3. The Morgan fingerprint density at radius 3 is 2.75 bits per heavy atom. The molecule has 0 radical (unpaired) electrons. The van der Waals surface area contributed by atoms with Gasteiger partial charge in [-0.3, -0.25) is 15.0 Å². The number of halogens is 1. The average Bonchev–Trinajstić information content (AvgIpc) is 3.02. The van der Waals surface area contributed by atoms with Crippen molar-refractivity contribution in [3.63, 3.8) is 0 Å². The number of anilines is 1. The monoisotopic (exact) mass is 304 g/mol. The molecule has 0 spiro atoms. The Kier molecular flexibility index (Phi) is 3.30. The van der Waals surface area contributed by atoms with Crippen molar-refractivity contribution in [2.24, 2.45) is 0 Å². The molecule has 6 heteroatoms. The lowest BCUT2D eigenvalue weighted by molar-refractivity contribution is -0.117. The summed E-state index contributed by atoms with van der Waals surface area (Å²) >= 11 is 7.36. The highest BCUT2D eigenvalue weighted by Gasteiger charge is 2.34. The molecule has 0 atom stereocenters. The van der Waals surface area contributed by atoms with E-state index in [1.54, 1.807) is 30.3 Å². The number of benzene rings is 1. The maximum atomic E-state index is 12.3. The molecular formula is C14H9ClN2O2S. The number of rotatable bonds is 2. The molecule has 0 unspecified atom stereocenters. The van der Waals surface area contributed by atoms with E-state index in [4.69, 9.17) is 11.6 Å². The summed E-state index contributed by atoms with van der Waals surface area (Å²) in [6, 6.07) is 10.5. The maximum absolute atomic E-state index is 12.3. The second-order valence-corrected chi connectivity index (χ2v) is 5.55. The van der Waals surface area contributed by atoms with Crippen molar-refractivity contribution >= 4 is 46.5 Å². The van der Waals surface area contributed by atoms with E-state index < -0.39 is 5.91 Å². The molecule has 1 saturated heterocycles. The van der Waals surface area contributed by atoms with Gasteiger partial charge in [-0.25, -0.2) is 5.01 Å². The zero-order valence-corrected chi connectivity index (χ0v) is 11.7. The number of nitrogens with zero attached hydrogens (tertiary/aromatic N) is 1. The number of hydrogen-bond donors (Lipinski definition) is 1. The molecular weight excluding hydrogens is 296 g/mol. The van der Waals surface area contributed by atoms with Crippen molar-refractivity contribution in [2.75, 3.05) is 5.01 Å². The van der Waals surface area contributed by atoms with Crippen molar-refractivity contribution in [3.8, 4) is 0 Å². The number of carbonyl (C=O) groups excluding carboxylic acids is 2. The third kappa shape index (κ3) is 2.33. The third-order valence-electron chi connectivity index (χ3n) is 2.79. The highest BCUT2D eigenvalue weighted by Crippen LogP contribution is 2.24. The number of hydrazine groups is 1. The zero-order chi connectivity index (χ0) is 14.1. The predicted molar refractivity (Wildman–Crippen MR) is 79.4 cm³/mol. The Labute approximate surface area is 124 Å². The lowest BCUT2D eigenvalue weighted by atomic mass is 10.2. The summed E-state index contributed by atoms with van der Waals surface area (Å²) in [7, 11) is 0. The molecule has 4 nitrogen and oxygen atoms in total. The zero-order valence-electron chi connectivity index (χ0n) is 10.2. The minimum atomic E-state index is -0.414. The lowest BCUT2D eigenvalue weighted by Crippen LogP contribution is -2.35. The number of amides is 2. The molecule has 2 amide bonds. The first-order valence-electron chi connectivity index (χ1n) is 5.81. The van der Waals surface area contributed by atoms with E-state index in [9.17, 15) is 9.59 Å². The second kappa shape index (κ2) is 5.11. The minimum Gasteiger partial charge on any atom is -0.267 e. The van der Waals surface area contributed by atoms with Gasteiger partial charge in [-0.2, -0.15) is 0 Å². The van der Waals surface area contributed by atoms with Gasteiger partial charge in [0.2, 0.25) is 0 Å². The highest BCUT2D eigenvalue weighted by atomic mass is 35.5. The van der Waals surface area contributed by atoms with Crippen LogP contribution in [0.15, 0.2) is 47.4 Å². The van der Waals surface area contributed by atoms with Gasteiger partial charge >= 0.3 is 0 Å². The summed E-state index contributed by atoms with van der Waals surface area (Å²) in [6.07, 6.45) is 1.59. The molecule has 1 aliphatic heterocycles. The van der Waals surface area contributed by atoms with E-state index in [-0.39, 0.29) is 11.5 Å². The Morgan fingerprint density at radius 1 is 1.20 bits per heavy atom. The Morgan fingerprint density at radius 2 is 2.05 bits per heavy atom. The van der Waals surface area contributed by atoms with Crippen LogP contribution in [0.4, 0.5) is 5.69 Å². The Balaban J connectivity index is 1.95. The van der Waals surface area contributed by atoms with Crippen LogP contribution < -0.4 is 10.4 Å². The fourth-order valence-electron chi connectivity index (χ4n) is 1.87. The molecule has 0 saturated carbocycles. The first kappa shape index (κ1) is 12.9. The van der Waals surface area contributed by atoms with Gasteiger partial charge in [0.1, 0.15) is 5.57 Å². The Bertz CT molecular complexity index is 710.